The molecule has 0 heterocycles. The minimum absolute atomic E-state index is 0.113. The molecule has 1 rings (SSSR count). The largest absolute Gasteiger partial charge is 0.462 e. The Balaban J connectivity index is 2.67. The van der Waals surface area contributed by atoms with Crippen molar-refractivity contribution in [1.29, 1.82) is 0 Å². The van der Waals surface area contributed by atoms with E-state index in [1.165, 1.54) is 18.9 Å². The third-order valence-electron chi connectivity index (χ3n) is 5.14. The van der Waals surface area contributed by atoms with Gasteiger partial charge in [0.15, 0.2) is 0 Å². The molecule has 8 heteroatoms. The maximum absolute atomic E-state index is 12.4. The first-order chi connectivity index (χ1) is 15.3. The highest BCUT2D eigenvalue weighted by Gasteiger charge is 2.20. The first-order valence-electron chi connectivity index (χ1n) is 11.8. The van der Waals surface area contributed by atoms with Crippen LogP contribution in [0.3, 0.4) is 0 Å². The summed E-state index contributed by atoms with van der Waals surface area (Å²) in [6.45, 7) is 4.69. The fraction of sp³-hybridized carbons (Fsp3) is 0.667. The molecule has 0 saturated heterocycles. The molecule has 0 fully saturated rings. The van der Waals surface area contributed by atoms with E-state index in [0.29, 0.717) is 12.8 Å². The summed E-state index contributed by atoms with van der Waals surface area (Å²) in [5, 5.41) is 0. The van der Waals surface area contributed by atoms with Crippen LogP contribution in [0.5, 0.6) is 0 Å². The number of carbonyl (C=O) groups excluding carboxylic acids is 2. The molecule has 182 valence electrons. The van der Waals surface area contributed by atoms with Gasteiger partial charge in [-0.2, -0.15) is 8.42 Å². The molecule has 0 saturated carbocycles. The topological polar surface area (TPSA) is 107 Å². The predicted octanol–water partition coefficient (Wildman–Crippen LogP) is 5.97. The Bertz CT molecular complexity index is 754. The average Bonchev–Trinajstić information content (AvgIpc) is 2.76. The van der Waals surface area contributed by atoms with Crippen LogP contribution in [0.1, 0.15) is 112 Å². The molecule has 1 N–H and O–H groups in total. The van der Waals surface area contributed by atoms with Crippen LogP contribution in [0.25, 0.3) is 0 Å². The molecular formula is C24H38O7S. The second-order valence-corrected chi connectivity index (χ2v) is 9.45. The molecule has 0 spiro atoms. The van der Waals surface area contributed by atoms with Gasteiger partial charge in [0.2, 0.25) is 0 Å². The number of rotatable bonds is 17. The van der Waals surface area contributed by atoms with Crippen molar-refractivity contribution in [3.05, 3.63) is 29.3 Å². The smallest absolute Gasteiger partial charge is 0.338 e. The van der Waals surface area contributed by atoms with Crippen LogP contribution >= 0.6 is 0 Å². The molecule has 0 atom stereocenters. The van der Waals surface area contributed by atoms with Crippen LogP contribution in [0.4, 0.5) is 0 Å². The fourth-order valence-electron chi connectivity index (χ4n) is 3.24. The summed E-state index contributed by atoms with van der Waals surface area (Å²) in [5.74, 6) is -1.48. The molecule has 0 amide bonds. The zero-order valence-corrected chi connectivity index (χ0v) is 20.3. The minimum Gasteiger partial charge on any atom is -0.462 e. The van der Waals surface area contributed by atoms with Crippen molar-refractivity contribution in [3.8, 4) is 0 Å². The van der Waals surface area contributed by atoms with Crippen molar-refractivity contribution >= 4 is 22.1 Å². The summed E-state index contributed by atoms with van der Waals surface area (Å²) in [7, 11) is -4.61. The molecule has 0 bridgehead atoms. The lowest BCUT2D eigenvalue weighted by atomic mass is 10.1. The van der Waals surface area contributed by atoms with Crippen molar-refractivity contribution in [2.45, 2.75) is 95.8 Å². The third-order valence-corrected chi connectivity index (χ3v) is 5.97. The monoisotopic (exact) mass is 470 g/mol. The van der Waals surface area contributed by atoms with Crippen molar-refractivity contribution in [2.24, 2.45) is 0 Å². The van der Waals surface area contributed by atoms with E-state index in [-0.39, 0.29) is 24.3 Å². The van der Waals surface area contributed by atoms with E-state index in [0.717, 1.165) is 63.5 Å². The Hall–Kier alpha value is -1.93. The van der Waals surface area contributed by atoms with Gasteiger partial charge in [0.25, 0.3) is 10.1 Å². The molecule has 32 heavy (non-hydrogen) atoms. The van der Waals surface area contributed by atoms with E-state index in [1.54, 1.807) is 0 Å². The SMILES string of the molecule is CCCCCCCCOC(=O)c1cc(C(=O)OCCCCCCCC)cc(S(=O)(=O)O)c1. The van der Waals surface area contributed by atoms with Crippen LogP contribution < -0.4 is 0 Å². The van der Waals surface area contributed by atoms with Crippen molar-refractivity contribution in [1.82, 2.24) is 0 Å². The molecule has 0 aliphatic heterocycles. The lowest BCUT2D eigenvalue weighted by Gasteiger charge is -2.09. The maximum Gasteiger partial charge on any atom is 0.338 e. The standard InChI is InChI=1S/C24H38O7S/c1-3-5-7-9-11-13-15-30-23(25)20-17-21(19-22(18-20)32(27,28)29)24(26)31-16-14-12-10-8-6-4-2/h17-19H,3-16H2,1-2H3,(H,27,28,29). The van der Waals surface area contributed by atoms with E-state index in [1.807, 2.05) is 0 Å². The number of carbonyl (C=O) groups is 2. The van der Waals surface area contributed by atoms with E-state index in [9.17, 15) is 22.6 Å². The minimum atomic E-state index is -4.61. The molecule has 1 aromatic rings. The quantitative estimate of drug-likeness (QED) is 0.170. The van der Waals surface area contributed by atoms with E-state index >= 15 is 0 Å². The van der Waals surface area contributed by atoms with Gasteiger partial charge in [-0.25, -0.2) is 9.59 Å². The van der Waals surface area contributed by atoms with Crippen molar-refractivity contribution < 1.29 is 32.0 Å². The fourth-order valence-corrected chi connectivity index (χ4v) is 3.80. The number of hydrogen-bond donors (Lipinski definition) is 1. The molecular weight excluding hydrogens is 432 g/mol. The summed E-state index contributed by atoms with van der Waals surface area (Å²) in [6.07, 6.45) is 12.4. The van der Waals surface area contributed by atoms with Crippen LogP contribution in [0, 0.1) is 0 Å². The second-order valence-electron chi connectivity index (χ2n) is 8.03. The van der Waals surface area contributed by atoms with E-state index in [4.69, 9.17) is 9.47 Å². The Kier molecular flexibility index (Phi) is 13.9. The zero-order valence-electron chi connectivity index (χ0n) is 19.4. The van der Waals surface area contributed by atoms with Gasteiger partial charge in [0.05, 0.1) is 29.2 Å². The van der Waals surface area contributed by atoms with Gasteiger partial charge in [-0.1, -0.05) is 78.1 Å². The van der Waals surface area contributed by atoms with E-state index < -0.39 is 27.0 Å². The average molecular weight is 471 g/mol. The van der Waals surface area contributed by atoms with Gasteiger partial charge in [0.1, 0.15) is 0 Å². The number of benzene rings is 1. The predicted molar refractivity (Wildman–Crippen MR) is 124 cm³/mol. The van der Waals surface area contributed by atoms with E-state index in [2.05, 4.69) is 13.8 Å². The third kappa shape index (κ3) is 11.6. The highest BCUT2D eigenvalue weighted by molar-refractivity contribution is 7.85. The number of ether oxygens (including phenoxy) is 2. The zero-order chi connectivity index (χ0) is 23.8. The molecule has 0 aliphatic carbocycles. The molecule has 0 aliphatic rings. The summed E-state index contributed by atoms with van der Waals surface area (Å²) in [5.41, 5.74) is -0.227. The Morgan fingerprint density at radius 2 is 1.06 bits per heavy atom. The molecule has 0 unspecified atom stereocenters. The Labute approximate surface area is 192 Å². The highest BCUT2D eigenvalue weighted by Crippen LogP contribution is 2.18. The first-order valence-corrected chi connectivity index (χ1v) is 13.2. The highest BCUT2D eigenvalue weighted by atomic mass is 32.2. The number of unbranched alkanes of at least 4 members (excludes halogenated alkanes) is 10. The van der Waals surface area contributed by atoms with Crippen LogP contribution in [-0.4, -0.2) is 38.1 Å². The lowest BCUT2D eigenvalue weighted by molar-refractivity contribution is 0.0495. The lowest BCUT2D eigenvalue weighted by Crippen LogP contribution is -2.13. The van der Waals surface area contributed by atoms with Crippen LogP contribution in [0.15, 0.2) is 23.1 Å². The summed E-state index contributed by atoms with van der Waals surface area (Å²) in [6, 6.07) is 3.24. The molecule has 0 aromatic heterocycles. The molecule has 0 radical (unpaired) electrons. The van der Waals surface area contributed by atoms with Gasteiger partial charge in [-0.05, 0) is 31.0 Å². The van der Waals surface area contributed by atoms with Gasteiger partial charge in [-0.15, -0.1) is 0 Å². The normalized spacial score (nSPS) is 11.3. The van der Waals surface area contributed by atoms with Gasteiger partial charge < -0.3 is 9.47 Å². The first kappa shape index (κ1) is 28.1. The van der Waals surface area contributed by atoms with Crippen molar-refractivity contribution in [3.63, 3.8) is 0 Å². The number of esters is 2. The second kappa shape index (κ2) is 15.8. The van der Waals surface area contributed by atoms with Crippen molar-refractivity contribution in [2.75, 3.05) is 13.2 Å². The summed E-state index contributed by atoms with van der Waals surface area (Å²) in [4.78, 5) is 24.2. The summed E-state index contributed by atoms with van der Waals surface area (Å²) < 4.78 is 43.0. The van der Waals surface area contributed by atoms with Crippen LogP contribution in [0.2, 0.25) is 0 Å². The van der Waals surface area contributed by atoms with Crippen LogP contribution in [-0.2, 0) is 19.6 Å². The van der Waals surface area contributed by atoms with Gasteiger partial charge in [0, 0.05) is 0 Å². The number of hydrogen-bond acceptors (Lipinski definition) is 6. The molecule has 7 nitrogen and oxygen atoms in total. The Morgan fingerprint density at radius 1 is 0.688 bits per heavy atom. The Morgan fingerprint density at radius 3 is 1.44 bits per heavy atom. The maximum atomic E-state index is 12.4. The van der Waals surface area contributed by atoms with Gasteiger partial charge >= 0.3 is 11.9 Å². The molecule has 1 aromatic carbocycles. The summed E-state index contributed by atoms with van der Waals surface area (Å²) >= 11 is 0. The van der Waals surface area contributed by atoms with Gasteiger partial charge in [-0.3, -0.25) is 4.55 Å².